The first kappa shape index (κ1) is 9.55. The highest BCUT2D eigenvalue weighted by molar-refractivity contribution is 6.57. The molecule has 2 aliphatic rings. The Hall–Kier alpha value is -1.00. The number of Topliss-reactive ketones (excluding diaryl/α,β-unsaturated/α-hetero) is 2. The van der Waals surface area contributed by atoms with Gasteiger partial charge in [-0.25, -0.2) is 4.99 Å². The minimum Gasteiger partial charge on any atom is -0.292 e. The van der Waals surface area contributed by atoms with E-state index < -0.39 is 23.5 Å². The first-order valence-corrected chi connectivity index (χ1v) is 4.57. The number of fused-ring (bicyclic) bond motifs is 1. The van der Waals surface area contributed by atoms with Gasteiger partial charge in [0.25, 0.3) is 0 Å². The van der Waals surface area contributed by atoms with Gasteiger partial charge in [-0.2, -0.15) is 0 Å². The molecule has 72 valence electrons. The van der Waals surface area contributed by atoms with Crippen LogP contribution in [0.4, 0.5) is 0 Å². The molecule has 0 saturated heterocycles. The number of nitrogens with zero attached hydrogens (tertiary/aromatic N) is 2. The highest BCUT2D eigenvalue weighted by Crippen LogP contribution is 2.30. The SMILES string of the molecule is O=C1C(Cl)=C(Cl)C(=O)C2N=CN=CC12. The molecule has 2 unspecified atom stereocenters. The first-order chi connectivity index (χ1) is 6.63. The Labute approximate surface area is 89.3 Å². The molecule has 2 rings (SSSR count). The summed E-state index contributed by atoms with van der Waals surface area (Å²) in [4.78, 5) is 30.5. The average molecular weight is 231 g/mol. The van der Waals surface area contributed by atoms with Crippen molar-refractivity contribution >= 4 is 47.3 Å². The van der Waals surface area contributed by atoms with Crippen molar-refractivity contribution in [3.63, 3.8) is 0 Å². The summed E-state index contributed by atoms with van der Waals surface area (Å²) in [6.07, 6.45) is 2.60. The smallest absolute Gasteiger partial charge is 0.201 e. The maximum absolute atomic E-state index is 11.5. The van der Waals surface area contributed by atoms with Crippen molar-refractivity contribution in [2.75, 3.05) is 0 Å². The molecule has 4 nitrogen and oxygen atoms in total. The van der Waals surface area contributed by atoms with E-state index in [1.807, 2.05) is 0 Å². The molecule has 14 heavy (non-hydrogen) atoms. The Morgan fingerprint density at radius 1 is 1.14 bits per heavy atom. The lowest BCUT2D eigenvalue weighted by molar-refractivity contribution is -0.124. The van der Waals surface area contributed by atoms with E-state index in [1.165, 1.54) is 12.6 Å². The molecule has 1 aliphatic heterocycles. The van der Waals surface area contributed by atoms with Gasteiger partial charge in [0.05, 0.1) is 5.92 Å². The monoisotopic (exact) mass is 230 g/mol. The summed E-state index contributed by atoms with van der Waals surface area (Å²) in [6, 6.07) is -0.782. The van der Waals surface area contributed by atoms with Crippen molar-refractivity contribution in [2.45, 2.75) is 6.04 Å². The van der Waals surface area contributed by atoms with Gasteiger partial charge in [-0.1, -0.05) is 23.2 Å². The van der Waals surface area contributed by atoms with Gasteiger partial charge < -0.3 is 0 Å². The van der Waals surface area contributed by atoms with Gasteiger partial charge in [-0.3, -0.25) is 14.6 Å². The van der Waals surface area contributed by atoms with E-state index in [9.17, 15) is 9.59 Å². The van der Waals surface area contributed by atoms with Crippen LogP contribution < -0.4 is 0 Å². The molecule has 0 bridgehead atoms. The van der Waals surface area contributed by atoms with E-state index in [0.717, 1.165) is 0 Å². The number of carbonyl (C=O) groups is 2. The van der Waals surface area contributed by atoms with Crippen molar-refractivity contribution in [3.8, 4) is 0 Å². The predicted molar refractivity (Wildman–Crippen MR) is 53.0 cm³/mol. The van der Waals surface area contributed by atoms with Crippen molar-refractivity contribution < 1.29 is 9.59 Å². The third-order valence-electron chi connectivity index (χ3n) is 2.08. The molecule has 0 aromatic carbocycles. The Morgan fingerprint density at radius 3 is 2.50 bits per heavy atom. The van der Waals surface area contributed by atoms with Crippen LogP contribution in [0, 0.1) is 5.92 Å². The maximum Gasteiger partial charge on any atom is 0.201 e. The Bertz CT molecular complexity index is 374. The summed E-state index contributed by atoms with van der Waals surface area (Å²) in [6.45, 7) is 0. The van der Waals surface area contributed by atoms with Crippen LogP contribution in [0.1, 0.15) is 0 Å². The second kappa shape index (κ2) is 3.29. The highest BCUT2D eigenvalue weighted by atomic mass is 35.5. The molecule has 2 atom stereocenters. The Balaban J connectivity index is 2.52. The highest BCUT2D eigenvalue weighted by Gasteiger charge is 2.42. The van der Waals surface area contributed by atoms with Gasteiger partial charge in [0, 0.05) is 6.21 Å². The zero-order valence-electron chi connectivity index (χ0n) is 6.78. The summed E-state index contributed by atoms with van der Waals surface area (Å²) < 4.78 is 0. The van der Waals surface area contributed by atoms with E-state index in [0.29, 0.717) is 0 Å². The lowest BCUT2D eigenvalue weighted by Crippen LogP contribution is -2.41. The lowest BCUT2D eigenvalue weighted by Gasteiger charge is -2.24. The summed E-state index contributed by atoms with van der Waals surface area (Å²) in [5.74, 6) is -1.52. The molecule has 1 heterocycles. The van der Waals surface area contributed by atoms with Crippen LogP contribution in [-0.2, 0) is 9.59 Å². The summed E-state index contributed by atoms with van der Waals surface area (Å²) in [5.41, 5.74) is 0. The van der Waals surface area contributed by atoms with Crippen molar-refractivity contribution in [2.24, 2.45) is 15.9 Å². The summed E-state index contributed by atoms with van der Waals surface area (Å²) >= 11 is 11.2. The van der Waals surface area contributed by atoms with Gasteiger partial charge in [-0.05, 0) is 0 Å². The molecule has 0 spiro atoms. The van der Waals surface area contributed by atoms with E-state index in [1.54, 1.807) is 0 Å². The number of hydrogen-bond acceptors (Lipinski definition) is 4. The van der Waals surface area contributed by atoms with Gasteiger partial charge in [0.15, 0.2) is 5.78 Å². The quantitative estimate of drug-likeness (QED) is 0.622. The Kier molecular flexibility index (Phi) is 2.25. The van der Waals surface area contributed by atoms with Crippen LogP contribution in [0.2, 0.25) is 0 Å². The number of allylic oxidation sites excluding steroid dienone is 1. The number of carbonyl (C=O) groups excluding carboxylic acids is 2. The molecule has 0 amide bonds. The molecule has 0 fully saturated rings. The summed E-state index contributed by atoms with van der Waals surface area (Å²) in [5, 5.41) is -0.452. The number of hydrogen-bond donors (Lipinski definition) is 0. The van der Waals surface area contributed by atoms with Crippen LogP contribution in [0.5, 0.6) is 0 Å². The van der Waals surface area contributed by atoms with Crippen LogP contribution in [0.3, 0.4) is 0 Å². The topological polar surface area (TPSA) is 58.9 Å². The zero-order valence-corrected chi connectivity index (χ0v) is 8.29. The van der Waals surface area contributed by atoms with E-state index in [4.69, 9.17) is 23.2 Å². The fourth-order valence-electron chi connectivity index (χ4n) is 1.35. The van der Waals surface area contributed by atoms with Gasteiger partial charge >= 0.3 is 0 Å². The molecule has 6 heteroatoms. The standard InChI is InChI=1S/C8H4Cl2N2O2/c9-4-5(10)8(14)6-3(7(4)13)1-11-2-12-6/h1-3,6H. The van der Waals surface area contributed by atoms with E-state index in [2.05, 4.69) is 9.98 Å². The van der Waals surface area contributed by atoms with Gasteiger partial charge in [-0.15, -0.1) is 0 Å². The molecular weight excluding hydrogens is 227 g/mol. The van der Waals surface area contributed by atoms with Crippen LogP contribution in [0.15, 0.2) is 20.0 Å². The normalized spacial score (nSPS) is 31.0. The molecular formula is C8H4Cl2N2O2. The van der Waals surface area contributed by atoms with E-state index >= 15 is 0 Å². The molecule has 0 radical (unpaired) electrons. The number of rotatable bonds is 0. The van der Waals surface area contributed by atoms with Gasteiger partial charge in [0.2, 0.25) is 5.78 Å². The molecule has 0 aromatic heterocycles. The minimum atomic E-state index is -0.782. The van der Waals surface area contributed by atoms with Crippen molar-refractivity contribution in [3.05, 3.63) is 10.1 Å². The van der Waals surface area contributed by atoms with Crippen LogP contribution in [0.25, 0.3) is 0 Å². The number of halogens is 2. The molecule has 0 N–H and O–H groups in total. The molecule has 0 saturated carbocycles. The van der Waals surface area contributed by atoms with Crippen molar-refractivity contribution in [1.82, 2.24) is 0 Å². The maximum atomic E-state index is 11.5. The second-order valence-electron chi connectivity index (χ2n) is 2.89. The average Bonchev–Trinajstić information content (AvgIpc) is 2.23. The van der Waals surface area contributed by atoms with Crippen molar-refractivity contribution in [1.29, 1.82) is 0 Å². The summed E-state index contributed by atoms with van der Waals surface area (Å²) in [7, 11) is 0. The minimum absolute atomic E-state index is 0.221. The van der Waals surface area contributed by atoms with E-state index in [-0.39, 0.29) is 10.1 Å². The molecule has 1 aliphatic carbocycles. The zero-order chi connectivity index (χ0) is 10.3. The third-order valence-corrected chi connectivity index (χ3v) is 2.92. The Morgan fingerprint density at radius 2 is 1.79 bits per heavy atom. The fraction of sp³-hybridized carbons (Fsp3) is 0.250. The third kappa shape index (κ3) is 1.22. The number of aliphatic imine (C=N–C) groups is 2. The second-order valence-corrected chi connectivity index (χ2v) is 3.65. The van der Waals surface area contributed by atoms with Gasteiger partial charge in [0.1, 0.15) is 22.4 Å². The fourth-order valence-corrected chi connectivity index (χ4v) is 1.77. The largest absolute Gasteiger partial charge is 0.292 e. The first-order valence-electron chi connectivity index (χ1n) is 3.81. The number of ketones is 2. The van der Waals surface area contributed by atoms with Crippen LogP contribution >= 0.6 is 23.2 Å². The predicted octanol–water partition coefficient (Wildman–Crippen LogP) is 0.925. The lowest BCUT2D eigenvalue weighted by atomic mass is 9.87. The van der Waals surface area contributed by atoms with Crippen LogP contribution in [-0.4, -0.2) is 30.2 Å². The molecule has 0 aromatic rings.